The number of nitrogens with one attached hydrogen (secondary N) is 3. The number of urea groups is 1. The normalized spacial score (nSPS) is 13.1. The van der Waals surface area contributed by atoms with Gasteiger partial charge in [0.2, 0.25) is 0 Å². The van der Waals surface area contributed by atoms with Gasteiger partial charge in [0.15, 0.2) is 0 Å². The molecule has 0 spiro atoms. The molecule has 5 rings (SSSR count). The zero-order valence-electron chi connectivity index (χ0n) is 40.1. The molecule has 1 aromatic heterocycles. The van der Waals surface area contributed by atoms with E-state index in [-0.39, 0.29) is 56.1 Å². The molecule has 17 nitrogen and oxygen atoms in total. The number of benzene rings is 3. The number of nitrogens with zero attached hydrogens (tertiary/aromatic N) is 5. The first-order valence-electron chi connectivity index (χ1n) is 23.6. The largest absolute Gasteiger partial charge is 0.395 e. The fraction of sp³-hybridized carbons (Fsp3) is 0.471. The van der Waals surface area contributed by atoms with E-state index in [1.165, 1.54) is 10.5 Å². The number of anilines is 2. The number of carbonyl (C=O) groups excluding carboxylic acids is 4. The van der Waals surface area contributed by atoms with Crippen molar-refractivity contribution in [2.24, 2.45) is 0 Å². The number of aliphatic hydroxyl groups is 2. The summed E-state index contributed by atoms with van der Waals surface area (Å²) in [5.74, 6) is -0.782. The molecule has 1 aliphatic carbocycles. The van der Waals surface area contributed by atoms with Gasteiger partial charge < -0.3 is 60.0 Å². The second-order valence-electron chi connectivity index (χ2n) is 16.5. The van der Waals surface area contributed by atoms with Gasteiger partial charge in [-0.1, -0.05) is 30.3 Å². The topological polar surface area (TPSA) is 198 Å². The molecule has 0 fully saturated rings. The van der Waals surface area contributed by atoms with Crippen LogP contribution in [0.5, 0.6) is 0 Å². The highest BCUT2D eigenvalue weighted by atomic mass is 16.5. The zero-order chi connectivity index (χ0) is 48.7. The lowest BCUT2D eigenvalue weighted by Crippen LogP contribution is -2.44. The summed E-state index contributed by atoms with van der Waals surface area (Å²) in [6.45, 7) is 10.0. The van der Waals surface area contributed by atoms with Crippen LogP contribution in [0.15, 0.2) is 85.1 Å². The van der Waals surface area contributed by atoms with Crippen molar-refractivity contribution in [1.29, 1.82) is 0 Å². The number of carbonyl (C=O) groups is 4. The van der Waals surface area contributed by atoms with Gasteiger partial charge >= 0.3 is 6.03 Å². The Morgan fingerprint density at radius 1 is 0.721 bits per heavy atom. The number of hydrogen-bond acceptors (Lipinski definition) is 12. The van der Waals surface area contributed by atoms with Gasteiger partial charge in [-0.2, -0.15) is 0 Å². The third-order valence-electron chi connectivity index (χ3n) is 11.8. The van der Waals surface area contributed by atoms with Crippen molar-refractivity contribution in [3.8, 4) is 11.3 Å². The number of pyridine rings is 1. The van der Waals surface area contributed by atoms with E-state index in [0.29, 0.717) is 99.5 Å². The van der Waals surface area contributed by atoms with Crippen LogP contribution in [0.1, 0.15) is 74.9 Å². The fourth-order valence-electron chi connectivity index (χ4n) is 7.91. The van der Waals surface area contributed by atoms with E-state index in [1.807, 2.05) is 37.4 Å². The summed E-state index contributed by atoms with van der Waals surface area (Å²) in [6.07, 6.45) is 4.50. The maximum Gasteiger partial charge on any atom is 0.317 e. The summed E-state index contributed by atoms with van der Waals surface area (Å²) < 4.78 is 16.7. The second-order valence-corrected chi connectivity index (χ2v) is 16.5. The van der Waals surface area contributed by atoms with E-state index in [9.17, 15) is 19.2 Å². The maximum atomic E-state index is 13.9. The Hall–Kier alpha value is -5.95. The van der Waals surface area contributed by atoms with Crippen molar-refractivity contribution < 1.29 is 43.6 Å². The average Bonchev–Trinajstić information content (AvgIpc) is 3.36. The minimum Gasteiger partial charge on any atom is -0.395 e. The Bertz CT molecular complexity index is 2220. The highest BCUT2D eigenvalue weighted by molar-refractivity contribution is 6.08. The third-order valence-corrected chi connectivity index (χ3v) is 11.8. The summed E-state index contributed by atoms with van der Waals surface area (Å²) >= 11 is 0. The first-order valence-corrected chi connectivity index (χ1v) is 23.6. The molecule has 1 atom stereocenters. The van der Waals surface area contributed by atoms with Gasteiger partial charge in [0.25, 0.3) is 17.7 Å². The second kappa shape index (κ2) is 28.4. The molecule has 17 heteroatoms. The molecule has 4 aromatic rings. The quantitative estimate of drug-likeness (QED) is 0.0493. The predicted molar refractivity (Wildman–Crippen MR) is 263 cm³/mol. The van der Waals surface area contributed by atoms with Crippen LogP contribution < -0.4 is 20.9 Å². The van der Waals surface area contributed by atoms with Crippen molar-refractivity contribution in [2.75, 3.05) is 130 Å². The standard InChI is InChI=1S/C51H70N8O9/c1-5-58(6-2)42-17-18-46(44(37-42)47-36-40(19-20-52-47)49(63)54-45-16-10-12-38-11-7-8-15-43(38)45)55-48(62)39-13-9-14-41(35-39)50(64)57(4)23-22-56(3)26-30-67-32-34-68-33-31-66-29-21-53-51(65)59(24-27-60)25-28-61/h7-9,11,13-15,17-20,35-37,45,60-61H,5-6,10,12,16,21-34H2,1-4H3,(H,53,65)(H,54,63)(H,55,62). The van der Waals surface area contributed by atoms with E-state index in [0.717, 1.165) is 43.6 Å². The molecule has 5 amide bonds. The van der Waals surface area contributed by atoms with E-state index >= 15 is 0 Å². The van der Waals surface area contributed by atoms with Crippen LogP contribution in [-0.4, -0.2) is 173 Å². The van der Waals surface area contributed by atoms with Crippen molar-refractivity contribution in [3.05, 3.63) is 113 Å². The van der Waals surface area contributed by atoms with Gasteiger partial charge in [-0.3, -0.25) is 19.4 Å². The number of aromatic nitrogens is 1. The van der Waals surface area contributed by atoms with Crippen molar-refractivity contribution in [1.82, 2.24) is 30.3 Å². The van der Waals surface area contributed by atoms with E-state index < -0.39 is 0 Å². The molecule has 3 aromatic carbocycles. The Morgan fingerprint density at radius 2 is 1.41 bits per heavy atom. The van der Waals surface area contributed by atoms with Crippen molar-refractivity contribution in [3.63, 3.8) is 0 Å². The van der Waals surface area contributed by atoms with Gasteiger partial charge in [-0.25, -0.2) is 4.79 Å². The molecule has 0 aliphatic heterocycles. The lowest BCUT2D eigenvalue weighted by Gasteiger charge is -2.26. The summed E-state index contributed by atoms with van der Waals surface area (Å²) in [6, 6.07) is 23.8. The molecule has 368 valence electrons. The molecule has 1 heterocycles. The molecule has 0 saturated carbocycles. The van der Waals surface area contributed by atoms with Crippen LogP contribution in [0.4, 0.5) is 16.2 Å². The molecule has 68 heavy (non-hydrogen) atoms. The highest BCUT2D eigenvalue weighted by Gasteiger charge is 2.23. The first kappa shape index (κ1) is 53.0. The first-order chi connectivity index (χ1) is 33.1. The van der Waals surface area contributed by atoms with E-state index in [4.69, 9.17) is 24.4 Å². The minimum absolute atomic E-state index is 0.0743. The van der Waals surface area contributed by atoms with Gasteiger partial charge in [-0.05, 0) is 99.8 Å². The van der Waals surface area contributed by atoms with Crippen LogP contribution in [0.2, 0.25) is 0 Å². The average molecular weight is 939 g/mol. The predicted octanol–water partition coefficient (Wildman–Crippen LogP) is 4.70. The number of ether oxygens (including phenoxy) is 3. The molecule has 1 aliphatic rings. The summed E-state index contributed by atoms with van der Waals surface area (Å²) in [5.41, 5.74) is 6.30. The van der Waals surface area contributed by atoms with Crippen LogP contribution in [0.3, 0.4) is 0 Å². The smallest absolute Gasteiger partial charge is 0.317 e. The fourth-order valence-corrected chi connectivity index (χ4v) is 7.91. The number of likely N-dealkylation sites (N-methyl/N-ethyl adjacent to an activating group) is 2. The van der Waals surface area contributed by atoms with Gasteiger partial charge in [0.05, 0.1) is 70.3 Å². The molecule has 0 bridgehead atoms. The molecule has 1 unspecified atom stereocenters. The Labute approximate surface area is 400 Å². The van der Waals surface area contributed by atoms with Gasteiger partial charge in [-0.15, -0.1) is 0 Å². The van der Waals surface area contributed by atoms with Crippen LogP contribution in [0, 0.1) is 0 Å². The van der Waals surface area contributed by atoms with Gasteiger partial charge in [0, 0.05) is 93.5 Å². The molecular weight excluding hydrogens is 869 g/mol. The van der Waals surface area contributed by atoms with E-state index in [1.54, 1.807) is 54.5 Å². The molecular formula is C51H70N8O9. The Morgan fingerprint density at radius 3 is 2.15 bits per heavy atom. The van der Waals surface area contributed by atoms with Crippen molar-refractivity contribution in [2.45, 2.75) is 39.2 Å². The molecule has 5 N–H and O–H groups in total. The van der Waals surface area contributed by atoms with Gasteiger partial charge in [0.1, 0.15) is 0 Å². The van der Waals surface area contributed by atoms with Crippen LogP contribution in [-0.2, 0) is 20.6 Å². The number of aliphatic hydroxyl groups excluding tert-OH is 2. The van der Waals surface area contributed by atoms with Crippen LogP contribution >= 0.6 is 0 Å². The highest BCUT2D eigenvalue weighted by Crippen LogP contribution is 2.33. The lowest BCUT2D eigenvalue weighted by atomic mass is 9.87. The summed E-state index contributed by atoms with van der Waals surface area (Å²) in [5, 5.41) is 27.1. The lowest BCUT2D eigenvalue weighted by molar-refractivity contribution is 0.0120. The Balaban J connectivity index is 1.08. The molecule has 0 radical (unpaired) electrons. The van der Waals surface area contributed by atoms with Crippen LogP contribution in [0.25, 0.3) is 11.3 Å². The third kappa shape index (κ3) is 16.1. The van der Waals surface area contributed by atoms with E-state index in [2.05, 4.69) is 56.7 Å². The SMILES string of the molecule is CCN(CC)c1ccc(NC(=O)c2cccc(C(=O)N(C)CCN(C)CCOCCOCCOCCNC(=O)N(CCO)CCO)c2)c(-c2cc(C(=O)NC3CCCc4ccccc43)ccn2)c1. The number of hydrogen-bond donors (Lipinski definition) is 5. The zero-order valence-corrected chi connectivity index (χ0v) is 40.1. The number of rotatable bonds is 28. The maximum absolute atomic E-state index is 13.9. The monoisotopic (exact) mass is 939 g/mol. The minimum atomic E-state index is -0.386. The molecule has 0 saturated heterocycles. The Kier molecular flexibility index (Phi) is 22.1. The van der Waals surface area contributed by atoms with Crippen molar-refractivity contribution >= 4 is 35.1 Å². The number of aryl methyl sites for hydroxylation is 1. The number of fused-ring (bicyclic) bond motifs is 1. The summed E-state index contributed by atoms with van der Waals surface area (Å²) in [4.78, 5) is 65.1. The summed E-state index contributed by atoms with van der Waals surface area (Å²) in [7, 11) is 3.70. The number of amides is 5.